The number of carbonyl (C=O) groups is 1. The zero-order valence-electron chi connectivity index (χ0n) is 10.5. The third-order valence-electron chi connectivity index (χ3n) is 3.45. The van der Waals surface area contributed by atoms with Gasteiger partial charge in [-0.25, -0.2) is 0 Å². The molecule has 0 unspecified atom stereocenters. The average molecular weight is 248 g/mol. The molecule has 1 fully saturated rings. The molecule has 3 nitrogen and oxygen atoms in total. The number of esters is 1. The molecule has 1 aromatic rings. The maximum Gasteiger partial charge on any atom is 0.306 e. The molecule has 0 aliphatic heterocycles. The molecule has 1 aliphatic carbocycles. The first kappa shape index (κ1) is 13.1. The zero-order valence-corrected chi connectivity index (χ0v) is 10.5. The minimum Gasteiger partial charge on any atom is -0.461 e. The summed E-state index contributed by atoms with van der Waals surface area (Å²) in [5.74, 6) is 0.134. The predicted molar refractivity (Wildman–Crippen MR) is 68.8 cm³/mol. The van der Waals surface area contributed by atoms with Crippen molar-refractivity contribution in [2.45, 2.75) is 44.8 Å². The van der Waals surface area contributed by atoms with Gasteiger partial charge in [0.1, 0.15) is 6.61 Å². The summed E-state index contributed by atoms with van der Waals surface area (Å²) in [7, 11) is 0. The molecule has 0 bridgehead atoms. The number of aliphatic hydroxyl groups is 1. The van der Waals surface area contributed by atoms with Gasteiger partial charge in [-0.1, -0.05) is 36.8 Å². The highest BCUT2D eigenvalue weighted by atomic mass is 16.5. The van der Waals surface area contributed by atoms with E-state index in [1.165, 1.54) is 0 Å². The second-order valence-electron chi connectivity index (χ2n) is 5.04. The Morgan fingerprint density at radius 1 is 1.28 bits per heavy atom. The second kappa shape index (κ2) is 6.55. The van der Waals surface area contributed by atoms with Gasteiger partial charge in [0, 0.05) is 6.42 Å². The number of aliphatic hydroxyl groups excluding tert-OH is 1. The van der Waals surface area contributed by atoms with Crippen LogP contribution < -0.4 is 0 Å². The van der Waals surface area contributed by atoms with Gasteiger partial charge in [0.05, 0.1) is 6.10 Å². The van der Waals surface area contributed by atoms with Crippen molar-refractivity contribution in [3.8, 4) is 0 Å². The molecule has 0 saturated heterocycles. The number of carbonyl (C=O) groups excluding carboxylic acids is 1. The first-order valence-corrected chi connectivity index (χ1v) is 6.61. The van der Waals surface area contributed by atoms with E-state index in [4.69, 9.17) is 4.74 Å². The maximum absolute atomic E-state index is 11.7. The summed E-state index contributed by atoms with van der Waals surface area (Å²) < 4.78 is 5.25. The second-order valence-corrected chi connectivity index (χ2v) is 5.04. The summed E-state index contributed by atoms with van der Waals surface area (Å²) >= 11 is 0. The van der Waals surface area contributed by atoms with Gasteiger partial charge < -0.3 is 9.84 Å². The minimum absolute atomic E-state index is 0.155. The highest BCUT2D eigenvalue weighted by Gasteiger charge is 2.22. The fourth-order valence-electron chi connectivity index (χ4n) is 2.48. The highest BCUT2D eigenvalue weighted by Crippen LogP contribution is 2.27. The van der Waals surface area contributed by atoms with Gasteiger partial charge in [0.2, 0.25) is 0 Å². The number of benzene rings is 1. The van der Waals surface area contributed by atoms with Crippen LogP contribution in [0.5, 0.6) is 0 Å². The van der Waals surface area contributed by atoms with E-state index in [0.717, 1.165) is 31.2 Å². The van der Waals surface area contributed by atoms with Crippen LogP contribution >= 0.6 is 0 Å². The molecule has 1 N–H and O–H groups in total. The van der Waals surface area contributed by atoms with E-state index in [2.05, 4.69) is 0 Å². The lowest BCUT2D eigenvalue weighted by Gasteiger charge is -2.24. The van der Waals surface area contributed by atoms with Crippen LogP contribution in [0, 0.1) is 5.92 Å². The Balaban J connectivity index is 1.72. The van der Waals surface area contributed by atoms with Crippen LogP contribution in [0.15, 0.2) is 30.3 Å². The van der Waals surface area contributed by atoms with E-state index in [1.807, 2.05) is 30.3 Å². The third kappa shape index (κ3) is 4.15. The van der Waals surface area contributed by atoms with Crippen molar-refractivity contribution in [1.29, 1.82) is 0 Å². The molecule has 0 aromatic heterocycles. The van der Waals surface area contributed by atoms with E-state index >= 15 is 0 Å². The Morgan fingerprint density at radius 3 is 2.78 bits per heavy atom. The molecule has 0 radical (unpaired) electrons. The molecule has 18 heavy (non-hydrogen) atoms. The molecule has 3 heteroatoms. The Morgan fingerprint density at radius 2 is 2.06 bits per heavy atom. The summed E-state index contributed by atoms with van der Waals surface area (Å²) in [6.45, 7) is 0.342. The lowest BCUT2D eigenvalue weighted by molar-refractivity contribution is -0.146. The fourth-order valence-corrected chi connectivity index (χ4v) is 2.48. The lowest BCUT2D eigenvalue weighted by atomic mass is 9.85. The van der Waals surface area contributed by atoms with Gasteiger partial charge in [0.25, 0.3) is 0 Å². The molecule has 1 aliphatic rings. The van der Waals surface area contributed by atoms with E-state index in [0.29, 0.717) is 13.0 Å². The first-order valence-electron chi connectivity index (χ1n) is 6.61. The highest BCUT2D eigenvalue weighted by molar-refractivity contribution is 5.69. The topological polar surface area (TPSA) is 46.5 Å². The van der Waals surface area contributed by atoms with Crippen molar-refractivity contribution >= 4 is 5.97 Å². The summed E-state index contributed by atoms with van der Waals surface area (Å²) in [6, 6.07) is 9.69. The maximum atomic E-state index is 11.7. The van der Waals surface area contributed by atoms with Crippen molar-refractivity contribution in [2.75, 3.05) is 0 Å². The molecule has 2 atom stereocenters. The largest absolute Gasteiger partial charge is 0.461 e. The molecular weight excluding hydrogens is 228 g/mol. The summed E-state index contributed by atoms with van der Waals surface area (Å²) in [5, 5.41) is 9.55. The molecule has 0 amide bonds. The van der Waals surface area contributed by atoms with Crippen LogP contribution in [0.4, 0.5) is 0 Å². The standard InChI is InChI=1S/C15H20O3/c16-14-8-4-7-13(9-14)10-15(17)18-11-12-5-2-1-3-6-12/h1-3,5-6,13-14,16H,4,7-11H2/t13-,14+/m0/s1. The smallest absolute Gasteiger partial charge is 0.306 e. The number of rotatable bonds is 4. The van der Waals surface area contributed by atoms with E-state index in [9.17, 15) is 9.90 Å². The SMILES string of the molecule is O=C(C[C@H]1CCC[C@@H](O)C1)OCc1ccccc1. The van der Waals surface area contributed by atoms with Crippen LogP contribution in [0.25, 0.3) is 0 Å². The molecule has 98 valence electrons. The van der Waals surface area contributed by atoms with Crippen LogP contribution in [0.1, 0.15) is 37.7 Å². The van der Waals surface area contributed by atoms with E-state index in [1.54, 1.807) is 0 Å². The lowest BCUT2D eigenvalue weighted by Crippen LogP contribution is -2.22. The number of ether oxygens (including phenoxy) is 1. The van der Waals surface area contributed by atoms with Crippen LogP contribution in [0.2, 0.25) is 0 Å². The van der Waals surface area contributed by atoms with Gasteiger partial charge >= 0.3 is 5.97 Å². The minimum atomic E-state index is -0.231. The third-order valence-corrected chi connectivity index (χ3v) is 3.45. The van der Waals surface area contributed by atoms with E-state index < -0.39 is 0 Å². The van der Waals surface area contributed by atoms with Gasteiger partial charge in [-0.15, -0.1) is 0 Å². The Kier molecular flexibility index (Phi) is 4.76. The van der Waals surface area contributed by atoms with Crippen molar-refractivity contribution < 1.29 is 14.6 Å². The Hall–Kier alpha value is -1.35. The quantitative estimate of drug-likeness (QED) is 0.833. The van der Waals surface area contributed by atoms with Crippen molar-refractivity contribution in [3.05, 3.63) is 35.9 Å². The Bertz CT molecular complexity index is 375. The fraction of sp³-hybridized carbons (Fsp3) is 0.533. The van der Waals surface area contributed by atoms with Gasteiger partial charge in [-0.05, 0) is 30.7 Å². The molecular formula is C15H20O3. The Labute approximate surface area is 108 Å². The number of hydrogen-bond acceptors (Lipinski definition) is 3. The molecule has 1 saturated carbocycles. The van der Waals surface area contributed by atoms with Crippen molar-refractivity contribution in [2.24, 2.45) is 5.92 Å². The number of hydrogen-bond donors (Lipinski definition) is 1. The molecule has 0 spiro atoms. The van der Waals surface area contributed by atoms with Crippen LogP contribution in [-0.4, -0.2) is 17.2 Å². The van der Waals surface area contributed by atoms with Gasteiger partial charge in [0.15, 0.2) is 0 Å². The summed E-state index contributed by atoms with van der Waals surface area (Å²) in [5.41, 5.74) is 1.01. The predicted octanol–water partition coefficient (Wildman–Crippen LogP) is 2.67. The summed E-state index contributed by atoms with van der Waals surface area (Å²) in [4.78, 5) is 11.7. The first-order chi connectivity index (χ1) is 8.74. The molecule has 2 rings (SSSR count). The van der Waals surface area contributed by atoms with Crippen LogP contribution in [0.3, 0.4) is 0 Å². The molecule has 1 aromatic carbocycles. The zero-order chi connectivity index (χ0) is 12.8. The van der Waals surface area contributed by atoms with Gasteiger partial charge in [-0.2, -0.15) is 0 Å². The van der Waals surface area contributed by atoms with Crippen LogP contribution in [-0.2, 0) is 16.1 Å². The average Bonchev–Trinajstić information content (AvgIpc) is 2.38. The van der Waals surface area contributed by atoms with Gasteiger partial charge in [-0.3, -0.25) is 4.79 Å². The monoisotopic (exact) mass is 248 g/mol. The van der Waals surface area contributed by atoms with E-state index in [-0.39, 0.29) is 18.0 Å². The summed E-state index contributed by atoms with van der Waals surface area (Å²) in [6.07, 6.45) is 3.85. The van der Waals surface area contributed by atoms with Crippen molar-refractivity contribution in [3.63, 3.8) is 0 Å². The van der Waals surface area contributed by atoms with Crippen molar-refractivity contribution in [1.82, 2.24) is 0 Å². The normalized spacial score (nSPS) is 23.6. The molecule has 0 heterocycles.